The fourth-order valence-electron chi connectivity index (χ4n) is 3.30. The molecule has 0 fully saturated rings. The van der Waals surface area contributed by atoms with Gasteiger partial charge in [0.25, 0.3) is 5.91 Å². The molecule has 1 N–H and O–H groups in total. The van der Waals surface area contributed by atoms with Gasteiger partial charge in [-0.3, -0.25) is 4.79 Å². The number of nitrogens with zero attached hydrogens (tertiary/aromatic N) is 1. The van der Waals surface area contributed by atoms with Crippen molar-refractivity contribution >= 4 is 11.6 Å². The second-order valence-corrected chi connectivity index (χ2v) is 6.11. The Morgan fingerprint density at radius 3 is 2.48 bits per heavy atom. The van der Waals surface area contributed by atoms with Crippen molar-refractivity contribution in [2.45, 2.75) is 19.0 Å². The lowest BCUT2D eigenvalue weighted by molar-refractivity contribution is 0.0572. The summed E-state index contributed by atoms with van der Waals surface area (Å²) in [4.78, 5) is 14.6. The molecule has 1 amide bonds. The molecule has 0 saturated heterocycles. The van der Waals surface area contributed by atoms with E-state index in [0.717, 1.165) is 23.4 Å². The van der Waals surface area contributed by atoms with Crippen LogP contribution in [0.1, 0.15) is 29.3 Å². The third kappa shape index (κ3) is 3.07. The number of rotatable bonds is 6. The van der Waals surface area contributed by atoms with Crippen LogP contribution in [0.3, 0.4) is 0 Å². The summed E-state index contributed by atoms with van der Waals surface area (Å²) in [6.45, 7) is 3.14. The second-order valence-electron chi connectivity index (χ2n) is 6.11. The average molecular weight is 340 g/mol. The van der Waals surface area contributed by atoms with Gasteiger partial charge in [0.1, 0.15) is 18.0 Å². The summed E-state index contributed by atoms with van der Waals surface area (Å²) in [5, 5.41) is 3.57. The van der Waals surface area contributed by atoms with E-state index < -0.39 is 5.66 Å². The van der Waals surface area contributed by atoms with Gasteiger partial charge in [-0.15, -0.1) is 0 Å². The summed E-state index contributed by atoms with van der Waals surface area (Å²) in [5.74, 6) is 0.814. The SMILES string of the molecule is CCC1(c2ccc(OCCOC)cc2)Nc2ccccc2C(=O)N1C. The molecule has 0 radical (unpaired) electrons. The molecule has 1 aliphatic rings. The third-order valence-corrected chi connectivity index (χ3v) is 4.78. The van der Waals surface area contributed by atoms with E-state index in [2.05, 4.69) is 12.2 Å². The molecule has 3 rings (SSSR count). The molecular formula is C20H24N2O3. The van der Waals surface area contributed by atoms with Gasteiger partial charge in [0.05, 0.1) is 12.2 Å². The molecule has 132 valence electrons. The van der Waals surface area contributed by atoms with E-state index in [1.165, 1.54) is 0 Å². The smallest absolute Gasteiger partial charge is 0.257 e. The molecule has 0 spiro atoms. The van der Waals surface area contributed by atoms with Crippen LogP contribution >= 0.6 is 0 Å². The van der Waals surface area contributed by atoms with Crippen LogP contribution in [0.2, 0.25) is 0 Å². The van der Waals surface area contributed by atoms with E-state index in [-0.39, 0.29) is 5.91 Å². The molecule has 0 saturated carbocycles. The van der Waals surface area contributed by atoms with Crippen molar-refractivity contribution in [3.8, 4) is 5.75 Å². The largest absolute Gasteiger partial charge is 0.491 e. The lowest BCUT2D eigenvalue weighted by Gasteiger charge is -2.46. The van der Waals surface area contributed by atoms with Gasteiger partial charge >= 0.3 is 0 Å². The molecule has 1 atom stereocenters. The molecule has 5 nitrogen and oxygen atoms in total. The van der Waals surface area contributed by atoms with Gasteiger partial charge in [0.2, 0.25) is 0 Å². The Balaban J connectivity index is 1.92. The van der Waals surface area contributed by atoms with E-state index in [0.29, 0.717) is 18.8 Å². The van der Waals surface area contributed by atoms with E-state index in [4.69, 9.17) is 9.47 Å². The van der Waals surface area contributed by atoms with Gasteiger partial charge in [0.15, 0.2) is 0 Å². The van der Waals surface area contributed by atoms with Gasteiger partial charge in [-0.05, 0) is 36.2 Å². The first-order valence-corrected chi connectivity index (χ1v) is 8.50. The van der Waals surface area contributed by atoms with E-state index in [9.17, 15) is 4.79 Å². The summed E-state index contributed by atoms with van der Waals surface area (Å²) >= 11 is 0. The first kappa shape index (κ1) is 17.3. The van der Waals surface area contributed by atoms with Crippen molar-refractivity contribution in [1.29, 1.82) is 0 Å². The van der Waals surface area contributed by atoms with Gasteiger partial charge in [-0.2, -0.15) is 0 Å². The Morgan fingerprint density at radius 2 is 1.80 bits per heavy atom. The number of amides is 1. The number of ether oxygens (including phenoxy) is 2. The maximum atomic E-state index is 12.9. The summed E-state index contributed by atoms with van der Waals surface area (Å²) < 4.78 is 10.6. The number of fused-ring (bicyclic) bond motifs is 1. The van der Waals surface area contributed by atoms with Crippen molar-refractivity contribution in [3.63, 3.8) is 0 Å². The van der Waals surface area contributed by atoms with Crippen LogP contribution < -0.4 is 10.1 Å². The van der Waals surface area contributed by atoms with Crippen LogP contribution in [-0.4, -0.2) is 38.2 Å². The highest BCUT2D eigenvalue weighted by molar-refractivity contribution is 6.02. The maximum absolute atomic E-state index is 12.9. The van der Waals surface area contributed by atoms with Crippen LogP contribution in [0.4, 0.5) is 5.69 Å². The summed E-state index contributed by atoms with van der Waals surface area (Å²) in [7, 11) is 3.49. The first-order chi connectivity index (χ1) is 12.1. The minimum absolute atomic E-state index is 0.0246. The zero-order chi connectivity index (χ0) is 17.9. The highest BCUT2D eigenvalue weighted by atomic mass is 16.5. The Labute approximate surface area is 148 Å². The molecule has 2 aromatic rings. The first-order valence-electron chi connectivity index (χ1n) is 8.50. The number of benzene rings is 2. The minimum atomic E-state index is -0.573. The number of anilines is 1. The zero-order valence-corrected chi connectivity index (χ0v) is 14.9. The van der Waals surface area contributed by atoms with Crippen molar-refractivity contribution < 1.29 is 14.3 Å². The Morgan fingerprint density at radius 1 is 1.08 bits per heavy atom. The highest BCUT2D eigenvalue weighted by Gasteiger charge is 2.42. The lowest BCUT2D eigenvalue weighted by Crippen LogP contribution is -2.55. The van der Waals surface area contributed by atoms with E-state index >= 15 is 0 Å². The van der Waals surface area contributed by atoms with Gasteiger partial charge < -0.3 is 19.7 Å². The molecule has 0 aliphatic carbocycles. The van der Waals surface area contributed by atoms with Gasteiger partial charge in [-0.25, -0.2) is 0 Å². The van der Waals surface area contributed by atoms with Crippen molar-refractivity contribution in [2.24, 2.45) is 0 Å². The number of nitrogens with one attached hydrogen (secondary N) is 1. The second kappa shape index (κ2) is 7.15. The fourth-order valence-corrected chi connectivity index (χ4v) is 3.30. The number of hydrogen-bond acceptors (Lipinski definition) is 4. The Hall–Kier alpha value is -2.53. The monoisotopic (exact) mass is 340 g/mol. The molecule has 25 heavy (non-hydrogen) atoms. The van der Waals surface area contributed by atoms with Crippen molar-refractivity contribution in [2.75, 3.05) is 32.7 Å². The summed E-state index contributed by atoms with van der Waals surface area (Å²) in [6, 6.07) is 15.5. The molecule has 0 aromatic heterocycles. The minimum Gasteiger partial charge on any atom is -0.491 e. The predicted molar refractivity (Wildman–Crippen MR) is 97.9 cm³/mol. The summed E-state index contributed by atoms with van der Waals surface area (Å²) in [5.41, 5.74) is 2.03. The molecule has 0 bridgehead atoms. The highest BCUT2D eigenvalue weighted by Crippen LogP contribution is 2.39. The van der Waals surface area contributed by atoms with E-state index in [1.54, 1.807) is 12.0 Å². The van der Waals surface area contributed by atoms with Crippen LogP contribution in [0.25, 0.3) is 0 Å². The van der Waals surface area contributed by atoms with Crippen LogP contribution in [0.15, 0.2) is 48.5 Å². The molecule has 5 heteroatoms. The van der Waals surface area contributed by atoms with Gasteiger partial charge in [0, 0.05) is 19.8 Å². The van der Waals surface area contributed by atoms with Gasteiger partial charge in [-0.1, -0.05) is 31.2 Å². The quantitative estimate of drug-likeness (QED) is 0.818. The van der Waals surface area contributed by atoms with Crippen LogP contribution in [0.5, 0.6) is 5.75 Å². The Kier molecular flexibility index (Phi) is 4.95. The number of hydrogen-bond donors (Lipinski definition) is 1. The maximum Gasteiger partial charge on any atom is 0.257 e. The molecule has 2 aromatic carbocycles. The third-order valence-electron chi connectivity index (χ3n) is 4.78. The number of methoxy groups -OCH3 is 1. The molecular weight excluding hydrogens is 316 g/mol. The molecule has 1 unspecified atom stereocenters. The molecule has 1 heterocycles. The number of carbonyl (C=O) groups excluding carboxylic acids is 1. The normalized spacial score (nSPS) is 19.3. The average Bonchev–Trinajstić information content (AvgIpc) is 2.66. The fraction of sp³-hybridized carbons (Fsp3) is 0.350. The van der Waals surface area contributed by atoms with Crippen LogP contribution in [0, 0.1) is 0 Å². The zero-order valence-electron chi connectivity index (χ0n) is 14.9. The lowest BCUT2D eigenvalue weighted by atomic mass is 9.90. The standard InChI is InChI=1S/C20H24N2O3/c1-4-20(15-9-11-16(12-10-15)25-14-13-24-3)21-18-8-6-5-7-17(18)19(23)22(20)2/h5-12,21H,4,13-14H2,1-3H3. The predicted octanol–water partition coefficient (Wildman–Crippen LogP) is 3.47. The number of para-hydroxylation sites is 1. The van der Waals surface area contributed by atoms with Crippen molar-refractivity contribution in [1.82, 2.24) is 4.90 Å². The van der Waals surface area contributed by atoms with E-state index in [1.807, 2.05) is 55.6 Å². The van der Waals surface area contributed by atoms with Crippen molar-refractivity contribution in [3.05, 3.63) is 59.7 Å². The topological polar surface area (TPSA) is 50.8 Å². The molecule has 1 aliphatic heterocycles. The van der Waals surface area contributed by atoms with Crippen LogP contribution in [-0.2, 0) is 10.4 Å². The Bertz CT molecular complexity index is 745. The summed E-state index contributed by atoms with van der Waals surface area (Å²) in [6.07, 6.45) is 0.744. The number of carbonyl (C=O) groups is 1.